The first-order valence-corrected chi connectivity index (χ1v) is 21.5. The highest BCUT2D eigenvalue weighted by atomic mass is 16.5. The third kappa shape index (κ3) is 36.9. The fraction of sp³-hybridized carbons (Fsp3) is 0.860. The second-order valence-corrected chi connectivity index (χ2v) is 15.9. The highest BCUT2D eigenvalue weighted by Crippen LogP contribution is 2.15. The minimum atomic E-state index is -1.14. The van der Waals surface area contributed by atoms with Crippen LogP contribution in [0.4, 0.5) is 0 Å². The molecule has 13 heteroatoms. The number of ether oxygens (including phenoxy) is 4. The smallest absolute Gasteiger partial charge is 0.326 e. The zero-order valence-electron chi connectivity index (χ0n) is 35.5. The molecule has 0 saturated heterocycles. The lowest BCUT2D eigenvalue weighted by Crippen LogP contribution is -2.41. The number of carboxylic acids is 1. The highest BCUT2D eigenvalue weighted by molar-refractivity contribution is 5.85. The van der Waals surface area contributed by atoms with E-state index in [1.54, 1.807) is 6.92 Å². The van der Waals surface area contributed by atoms with Gasteiger partial charge in [0.1, 0.15) is 30.8 Å². The van der Waals surface area contributed by atoms with Gasteiger partial charge in [0.15, 0.2) is 5.78 Å². The quantitative estimate of drug-likeness (QED) is 0.0537. The first kappa shape index (κ1) is 53.3. The molecule has 326 valence electrons. The van der Waals surface area contributed by atoms with Crippen LogP contribution in [0.15, 0.2) is 0 Å². The molecule has 56 heavy (non-hydrogen) atoms. The van der Waals surface area contributed by atoms with E-state index in [1.807, 2.05) is 20.8 Å². The summed E-state index contributed by atoms with van der Waals surface area (Å²) in [7, 11) is 0. The number of Topliss-reactive ketones (excluding diaryl/α,β-unsaturated/α-hetero) is 3. The summed E-state index contributed by atoms with van der Waals surface area (Å²) < 4.78 is 21.4. The van der Waals surface area contributed by atoms with Crippen LogP contribution in [0.5, 0.6) is 0 Å². The average Bonchev–Trinajstić information content (AvgIpc) is 3.14. The molecule has 0 aromatic rings. The molecule has 13 nitrogen and oxygen atoms in total. The van der Waals surface area contributed by atoms with Gasteiger partial charge in [0.25, 0.3) is 0 Å². The number of rotatable bonds is 41. The van der Waals surface area contributed by atoms with Gasteiger partial charge in [-0.2, -0.15) is 0 Å². The summed E-state index contributed by atoms with van der Waals surface area (Å²) in [6, 6.07) is -1.08. The molecule has 0 rings (SSSR count). The van der Waals surface area contributed by atoms with Crippen molar-refractivity contribution in [3.05, 3.63) is 0 Å². The molecule has 0 unspecified atom stereocenters. The Kier molecular flexibility index (Phi) is 34.8. The monoisotopic (exact) mass is 799 g/mol. The maximum absolute atomic E-state index is 12.3. The summed E-state index contributed by atoms with van der Waals surface area (Å²) >= 11 is 0. The Morgan fingerprint density at radius 1 is 0.518 bits per heavy atom. The van der Waals surface area contributed by atoms with Crippen molar-refractivity contribution in [2.75, 3.05) is 59.4 Å². The first-order valence-electron chi connectivity index (χ1n) is 21.5. The largest absolute Gasteiger partial charge is 0.480 e. The summed E-state index contributed by atoms with van der Waals surface area (Å²) in [5.41, 5.74) is -0.430. The van der Waals surface area contributed by atoms with Gasteiger partial charge in [-0.25, -0.2) is 4.79 Å². The molecule has 0 aliphatic rings. The molecule has 0 aliphatic carbocycles. The molecule has 0 heterocycles. The first-order chi connectivity index (χ1) is 26.8. The van der Waals surface area contributed by atoms with E-state index < -0.39 is 17.4 Å². The van der Waals surface area contributed by atoms with E-state index in [4.69, 9.17) is 18.9 Å². The van der Waals surface area contributed by atoms with Gasteiger partial charge in [0.05, 0.1) is 33.0 Å². The molecular weight excluding hydrogens is 720 g/mol. The molecule has 1 atom stereocenters. The van der Waals surface area contributed by atoms with Gasteiger partial charge in [0, 0.05) is 44.2 Å². The highest BCUT2D eigenvalue weighted by Gasteiger charge is 2.21. The zero-order valence-corrected chi connectivity index (χ0v) is 35.5. The van der Waals surface area contributed by atoms with Crippen LogP contribution in [0.2, 0.25) is 0 Å². The molecule has 0 saturated carbocycles. The normalized spacial score (nSPS) is 12.0. The molecule has 2 amide bonds. The van der Waals surface area contributed by atoms with Crippen molar-refractivity contribution < 1.29 is 52.8 Å². The Hall–Kier alpha value is -2.74. The summed E-state index contributed by atoms with van der Waals surface area (Å²) in [4.78, 5) is 70.9. The van der Waals surface area contributed by atoms with E-state index in [0.717, 1.165) is 38.5 Å². The number of amides is 2. The van der Waals surface area contributed by atoms with Crippen molar-refractivity contribution in [3.63, 3.8) is 0 Å². The molecule has 0 aromatic heterocycles. The van der Waals surface area contributed by atoms with E-state index in [-0.39, 0.29) is 75.5 Å². The SMILES string of the molecule is CC(=O)CCCCCCCCCCCCCCCCCCC(=O)N[C@@H](CCC(=O)CCCOCCOCC(=O)NCCOCCOCC(=O)C(C)(C)C)C(=O)O. The third-order valence-electron chi connectivity index (χ3n) is 9.39. The predicted octanol–water partition coefficient (Wildman–Crippen LogP) is 7.09. The van der Waals surface area contributed by atoms with Crippen molar-refractivity contribution >= 4 is 35.1 Å². The third-order valence-corrected chi connectivity index (χ3v) is 9.39. The fourth-order valence-electron chi connectivity index (χ4n) is 5.76. The van der Waals surface area contributed by atoms with Crippen LogP contribution >= 0.6 is 0 Å². The van der Waals surface area contributed by atoms with Gasteiger partial charge in [-0.15, -0.1) is 0 Å². The molecule has 0 spiro atoms. The van der Waals surface area contributed by atoms with E-state index in [1.165, 1.54) is 70.6 Å². The topological polar surface area (TPSA) is 184 Å². The van der Waals surface area contributed by atoms with Gasteiger partial charge in [-0.3, -0.25) is 19.2 Å². The van der Waals surface area contributed by atoms with Crippen molar-refractivity contribution in [2.45, 2.75) is 175 Å². The average molecular weight is 799 g/mol. The van der Waals surface area contributed by atoms with Crippen LogP contribution in [-0.4, -0.2) is 106 Å². The Balaban J connectivity index is 3.66. The summed E-state index contributed by atoms with van der Waals surface area (Å²) in [5, 5.41) is 14.8. The van der Waals surface area contributed by atoms with E-state index in [0.29, 0.717) is 45.2 Å². The van der Waals surface area contributed by atoms with Gasteiger partial charge < -0.3 is 39.5 Å². The Morgan fingerprint density at radius 3 is 1.48 bits per heavy atom. The van der Waals surface area contributed by atoms with Crippen LogP contribution < -0.4 is 10.6 Å². The number of carbonyl (C=O) groups excluding carboxylic acids is 5. The second kappa shape index (κ2) is 36.6. The maximum Gasteiger partial charge on any atom is 0.326 e. The summed E-state index contributed by atoms with van der Waals surface area (Å²) in [5.74, 6) is -1.46. The van der Waals surface area contributed by atoms with Crippen LogP contribution in [0.3, 0.4) is 0 Å². The van der Waals surface area contributed by atoms with Crippen molar-refractivity contribution in [1.29, 1.82) is 0 Å². The fourth-order valence-corrected chi connectivity index (χ4v) is 5.76. The Bertz CT molecular complexity index is 1060. The Labute approximate surface area is 337 Å². The molecule has 0 radical (unpaired) electrons. The number of ketones is 3. The van der Waals surface area contributed by atoms with Crippen LogP contribution in [0, 0.1) is 5.41 Å². The standard InChI is InChI=1S/C43H78N2O11/c1-36(46)22-19-17-15-13-11-9-7-5-6-8-10-12-14-16-18-20-24-40(49)45-38(42(51)52)26-25-37(47)23-21-28-53-30-33-56-35-41(50)44-27-29-54-31-32-55-34-39(48)43(2,3)4/h38H,5-35H2,1-4H3,(H,44,50)(H,45,49)(H,51,52)/t38-/m0/s1. The number of carbonyl (C=O) groups is 6. The van der Waals surface area contributed by atoms with E-state index in [9.17, 15) is 33.9 Å². The second-order valence-electron chi connectivity index (χ2n) is 15.9. The lowest BCUT2D eigenvalue weighted by molar-refractivity contribution is -0.142. The number of nitrogens with one attached hydrogen (secondary N) is 2. The van der Waals surface area contributed by atoms with Gasteiger partial charge in [-0.1, -0.05) is 111 Å². The number of aliphatic carboxylic acids is 1. The van der Waals surface area contributed by atoms with Crippen molar-refractivity contribution in [3.8, 4) is 0 Å². The van der Waals surface area contributed by atoms with Crippen LogP contribution in [0.1, 0.15) is 169 Å². The lowest BCUT2D eigenvalue weighted by Gasteiger charge is -2.16. The molecule has 0 fully saturated rings. The zero-order chi connectivity index (χ0) is 41.7. The number of hydrogen-bond donors (Lipinski definition) is 3. The molecular formula is C43H78N2O11. The van der Waals surface area contributed by atoms with Crippen molar-refractivity contribution in [2.24, 2.45) is 5.41 Å². The Morgan fingerprint density at radius 2 is 0.982 bits per heavy atom. The lowest BCUT2D eigenvalue weighted by atomic mass is 9.91. The van der Waals surface area contributed by atoms with Crippen LogP contribution in [0.25, 0.3) is 0 Å². The number of hydrogen-bond acceptors (Lipinski definition) is 10. The molecule has 0 aliphatic heterocycles. The summed E-state index contributed by atoms with van der Waals surface area (Å²) in [6.45, 7) is 9.20. The summed E-state index contributed by atoms with van der Waals surface area (Å²) in [6.07, 6.45) is 20.8. The molecule has 3 N–H and O–H groups in total. The maximum atomic E-state index is 12.3. The van der Waals surface area contributed by atoms with Crippen molar-refractivity contribution in [1.82, 2.24) is 10.6 Å². The minimum absolute atomic E-state index is 0.0274. The predicted molar refractivity (Wildman–Crippen MR) is 218 cm³/mol. The van der Waals surface area contributed by atoms with Gasteiger partial charge in [-0.05, 0) is 32.6 Å². The molecule has 0 bridgehead atoms. The van der Waals surface area contributed by atoms with Crippen LogP contribution in [-0.2, 0) is 47.7 Å². The van der Waals surface area contributed by atoms with Gasteiger partial charge in [0.2, 0.25) is 11.8 Å². The van der Waals surface area contributed by atoms with E-state index >= 15 is 0 Å². The van der Waals surface area contributed by atoms with Gasteiger partial charge >= 0.3 is 5.97 Å². The van der Waals surface area contributed by atoms with E-state index in [2.05, 4.69) is 10.6 Å². The number of unbranched alkanes of at least 4 members (excludes halogenated alkanes) is 15. The molecule has 0 aromatic carbocycles. The minimum Gasteiger partial charge on any atom is -0.480 e. The number of carboxylic acid groups (broad SMARTS) is 1.